The Hall–Kier alpha value is -0.200. The molecule has 0 rings (SSSR count). The maximum absolute atomic E-state index is 8.96. The molecular weight excluding hydrogens is 172 g/mol. The fourth-order valence-electron chi connectivity index (χ4n) is 1.06. The molecule has 0 saturated carbocycles. The molecule has 0 fully saturated rings. The Morgan fingerprint density at radius 3 is 1.38 bits per heavy atom. The molecule has 0 aromatic heterocycles. The fraction of sp³-hybridized carbons (Fsp3) is 1.00. The van der Waals surface area contributed by atoms with E-state index in [-0.39, 0.29) is 12.5 Å². The topological polar surface area (TPSA) is 73.8 Å². The van der Waals surface area contributed by atoms with Crippen molar-refractivity contribution in [2.24, 2.45) is 0 Å². The van der Waals surface area contributed by atoms with Crippen LogP contribution in [0.1, 0.15) is 27.7 Å². The Morgan fingerprint density at radius 2 is 1.15 bits per heavy atom. The monoisotopic (exact) mass is 192 g/mol. The van der Waals surface area contributed by atoms with Crippen molar-refractivity contribution >= 4 is 0 Å². The van der Waals surface area contributed by atoms with Gasteiger partial charge in [0.05, 0.1) is 0 Å². The number of hydrogen-bond donors (Lipinski definition) is 4. The van der Waals surface area contributed by atoms with Crippen LogP contribution in [0.5, 0.6) is 0 Å². The van der Waals surface area contributed by atoms with Gasteiger partial charge in [-0.15, -0.1) is 0 Å². The summed E-state index contributed by atoms with van der Waals surface area (Å²) in [5.41, 5.74) is 0. The number of aliphatic hydroxyl groups is 2. The van der Waals surface area contributed by atoms with E-state index >= 15 is 0 Å². The van der Waals surface area contributed by atoms with Crippen molar-refractivity contribution in [3.05, 3.63) is 0 Å². The van der Waals surface area contributed by atoms with Gasteiger partial charge in [0.1, 0.15) is 24.9 Å². The lowest BCUT2D eigenvalue weighted by molar-refractivity contribution is -0.0682. The minimum Gasteiger partial charge on any atom is -0.379 e. The van der Waals surface area contributed by atoms with E-state index in [0.29, 0.717) is 0 Å². The van der Waals surface area contributed by atoms with E-state index in [9.17, 15) is 0 Å². The molecule has 5 nitrogen and oxygen atoms in total. The molecule has 0 spiro atoms. The summed E-state index contributed by atoms with van der Waals surface area (Å²) in [6, 6.07) is 0. The average Bonchev–Trinajstić information content (AvgIpc) is 1.80. The van der Waals surface area contributed by atoms with Crippen LogP contribution in [0.2, 0.25) is 0 Å². The highest BCUT2D eigenvalue weighted by Gasteiger charge is 2.10. The summed E-state index contributed by atoms with van der Waals surface area (Å²) < 4.78 is 5.33. The van der Waals surface area contributed by atoms with Crippen LogP contribution >= 0.6 is 0 Å². The Kier molecular flexibility index (Phi) is 6.19. The third kappa shape index (κ3) is 8.14. The molecule has 5 heteroatoms. The van der Waals surface area contributed by atoms with E-state index in [0.717, 1.165) is 0 Å². The van der Waals surface area contributed by atoms with Gasteiger partial charge in [-0.3, -0.25) is 10.6 Å². The van der Waals surface area contributed by atoms with Crippen LogP contribution in [0.25, 0.3) is 0 Å². The van der Waals surface area contributed by atoms with Gasteiger partial charge >= 0.3 is 0 Å². The van der Waals surface area contributed by atoms with E-state index in [1.54, 1.807) is 27.7 Å². The standard InChI is InChI=1S/C8H20N2O3/c1-5(11)9-7(3)13-8(4)10-6(2)12/h5-12H,1-4H3. The van der Waals surface area contributed by atoms with Crippen molar-refractivity contribution in [2.45, 2.75) is 52.6 Å². The number of hydrogen-bond acceptors (Lipinski definition) is 5. The van der Waals surface area contributed by atoms with Crippen LogP contribution < -0.4 is 10.6 Å². The van der Waals surface area contributed by atoms with Crippen LogP contribution in [-0.4, -0.2) is 35.1 Å². The van der Waals surface area contributed by atoms with E-state index < -0.39 is 12.5 Å². The summed E-state index contributed by atoms with van der Waals surface area (Å²) in [6.07, 6.45) is -1.73. The van der Waals surface area contributed by atoms with Crippen molar-refractivity contribution < 1.29 is 14.9 Å². The van der Waals surface area contributed by atoms with Gasteiger partial charge in [0.25, 0.3) is 0 Å². The first-order valence-corrected chi connectivity index (χ1v) is 4.45. The van der Waals surface area contributed by atoms with Gasteiger partial charge in [-0.2, -0.15) is 0 Å². The highest BCUT2D eigenvalue weighted by molar-refractivity contribution is 4.54. The molecule has 4 unspecified atom stereocenters. The molecule has 0 heterocycles. The molecule has 0 aromatic rings. The molecule has 80 valence electrons. The number of ether oxygens (including phenoxy) is 1. The molecule has 0 aliphatic carbocycles. The van der Waals surface area contributed by atoms with Gasteiger partial charge in [-0.1, -0.05) is 0 Å². The second kappa shape index (κ2) is 6.28. The highest BCUT2D eigenvalue weighted by Crippen LogP contribution is 1.94. The van der Waals surface area contributed by atoms with Crippen LogP contribution in [-0.2, 0) is 4.74 Å². The minimum atomic E-state index is -0.603. The zero-order valence-electron chi connectivity index (χ0n) is 8.61. The number of nitrogens with one attached hydrogen (secondary N) is 2. The van der Waals surface area contributed by atoms with Crippen LogP contribution in [0.4, 0.5) is 0 Å². The molecule has 0 amide bonds. The van der Waals surface area contributed by atoms with Crippen molar-refractivity contribution in [1.82, 2.24) is 10.6 Å². The molecule has 0 aliphatic rings. The maximum Gasteiger partial charge on any atom is 0.109 e. The van der Waals surface area contributed by atoms with Crippen LogP contribution in [0.15, 0.2) is 0 Å². The summed E-state index contributed by atoms with van der Waals surface area (Å²) >= 11 is 0. The lowest BCUT2D eigenvalue weighted by atomic mass is 10.5. The second-order valence-corrected chi connectivity index (χ2v) is 3.11. The van der Waals surface area contributed by atoms with Gasteiger partial charge in [0.15, 0.2) is 0 Å². The molecule has 0 saturated heterocycles. The van der Waals surface area contributed by atoms with Crippen molar-refractivity contribution in [3.8, 4) is 0 Å². The first-order chi connectivity index (χ1) is 5.91. The fourth-order valence-corrected chi connectivity index (χ4v) is 1.06. The normalized spacial score (nSPS) is 20.8. The van der Waals surface area contributed by atoms with Gasteiger partial charge < -0.3 is 14.9 Å². The third-order valence-corrected chi connectivity index (χ3v) is 1.36. The number of rotatable bonds is 6. The second-order valence-electron chi connectivity index (χ2n) is 3.11. The van der Waals surface area contributed by atoms with E-state index in [1.807, 2.05) is 0 Å². The largest absolute Gasteiger partial charge is 0.379 e. The first-order valence-electron chi connectivity index (χ1n) is 4.45. The Morgan fingerprint density at radius 1 is 0.846 bits per heavy atom. The van der Waals surface area contributed by atoms with Gasteiger partial charge in [0, 0.05) is 0 Å². The summed E-state index contributed by atoms with van der Waals surface area (Å²) in [6.45, 7) is 6.80. The van der Waals surface area contributed by atoms with Gasteiger partial charge in [0.2, 0.25) is 0 Å². The van der Waals surface area contributed by atoms with E-state index in [2.05, 4.69) is 10.6 Å². The minimum absolute atomic E-state index is 0.263. The zero-order chi connectivity index (χ0) is 10.4. The molecule has 13 heavy (non-hydrogen) atoms. The van der Waals surface area contributed by atoms with Crippen molar-refractivity contribution in [1.29, 1.82) is 0 Å². The van der Waals surface area contributed by atoms with E-state index in [1.165, 1.54) is 0 Å². The predicted octanol–water partition coefficient (Wildman–Crippen LogP) is -0.449. The molecule has 0 radical (unpaired) electrons. The van der Waals surface area contributed by atoms with Crippen molar-refractivity contribution in [3.63, 3.8) is 0 Å². The predicted molar refractivity (Wildman–Crippen MR) is 49.6 cm³/mol. The molecule has 0 bridgehead atoms. The Bertz CT molecular complexity index is 117. The van der Waals surface area contributed by atoms with Crippen LogP contribution in [0, 0.1) is 0 Å². The molecular formula is C8H20N2O3. The Labute approximate surface area is 79.1 Å². The highest BCUT2D eigenvalue weighted by atomic mass is 16.5. The first kappa shape index (κ1) is 12.8. The maximum atomic E-state index is 8.96. The third-order valence-electron chi connectivity index (χ3n) is 1.36. The van der Waals surface area contributed by atoms with Gasteiger partial charge in [-0.25, -0.2) is 0 Å². The van der Waals surface area contributed by atoms with Crippen LogP contribution in [0.3, 0.4) is 0 Å². The van der Waals surface area contributed by atoms with Crippen molar-refractivity contribution in [2.75, 3.05) is 0 Å². The lowest BCUT2D eigenvalue weighted by Crippen LogP contribution is -2.43. The SMILES string of the molecule is CC(O)NC(C)OC(C)NC(C)O. The smallest absolute Gasteiger partial charge is 0.109 e. The molecule has 4 atom stereocenters. The van der Waals surface area contributed by atoms with E-state index in [4.69, 9.17) is 14.9 Å². The quantitative estimate of drug-likeness (QED) is 0.429. The lowest BCUT2D eigenvalue weighted by Gasteiger charge is -2.23. The molecule has 0 aromatic carbocycles. The van der Waals surface area contributed by atoms with Gasteiger partial charge in [-0.05, 0) is 27.7 Å². The summed E-state index contributed by atoms with van der Waals surface area (Å²) in [7, 11) is 0. The molecule has 4 N–H and O–H groups in total. The Balaban J connectivity index is 3.58. The average molecular weight is 192 g/mol. The summed E-state index contributed by atoms with van der Waals surface area (Å²) in [5.74, 6) is 0. The number of aliphatic hydroxyl groups excluding tert-OH is 2. The zero-order valence-corrected chi connectivity index (χ0v) is 8.61. The summed E-state index contributed by atoms with van der Waals surface area (Å²) in [5, 5.41) is 23.4. The molecule has 0 aliphatic heterocycles. The summed E-state index contributed by atoms with van der Waals surface area (Å²) in [4.78, 5) is 0.